The van der Waals surface area contributed by atoms with Crippen LogP contribution in [0.3, 0.4) is 0 Å². The van der Waals surface area contributed by atoms with Gasteiger partial charge in [-0.2, -0.15) is 0 Å². The molecule has 2 aromatic carbocycles. The summed E-state index contributed by atoms with van der Waals surface area (Å²) < 4.78 is 75.5. The van der Waals surface area contributed by atoms with Crippen LogP contribution in [-0.4, -0.2) is 32.5 Å². The van der Waals surface area contributed by atoms with Crippen molar-refractivity contribution >= 4 is 27.1 Å². The van der Waals surface area contributed by atoms with E-state index in [1.54, 1.807) is 13.0 Å². The molecule has 186 valence electrons. The first-order chi connectivity index (χ1) is 15.6. The Balaban J connectivity index is 0.00000129. The fraction of sp³-hybridized carbons (Fsp3) is 0.478. The summed E-state index contributed by atoms with van der Waals surface area (Å²) in [6.07, 6.45) is 2.08. The second kappa shape index (κ2) is 12.1. The van der Waals surface area contributed by atoms with E-state index in [2.05, 4.69) is 10.0 Å². The van der Waals surface area contributed by atoms with E-state index in [0.717, 1.165) is 13.2 Å². The minimum Gasteiger partial charge on any atom is -0.494 e. The lowest BCUT2D eigenvalue weighted by Gasteiger charge is -2.22. The smallest absolute Gasteiger partial charge is 0.238 e. The van der Waals surface area contributed by atoms with Gasteiger partial charge in [-0.05, 0) is 43.9 Å². The van der Waals surface area contributed by atoms with E-state index in [9.17, 15) is 21.6 Å². The van der Waals surface area contributed by atoms with Gasteiger partial charge in [0, 0.05) is 13.2 Å². The van der Waals surface area contributed by atoms with Gasteiger partial charge < -0.3 is 15.2 Å². The molecule has 0 radical (unpaired) electrons. The molecule has 0 heterocycles. The molecular formula is C23H33F3N2O4S. The fourth-order valence-electron chi connectivity index (χ4n) is 3.33. The maximum Gasteiger partial charge on any atom is 0.238 e. The lowest BCUT2D eigenvalue weighted by Crippen LogP contribution is -2.30. The van der Waals surface area contributed by atoms with Crippen molar-refractivity contribution in [3.05, 3.63) is 47.3 Å². The van der Waals surface area contributed by atoms with Gasteiger partial charge in [0.25, 0.3) is 0 Å². The Morgan fingerprint density at radius 2 is 1.67 bits per heavy atom. The average molecular weight is 491 g/mol. The van der Waals surface area contributed by atoms with E-state index in [1.165, 1.54) is 19.2 Å². The van der Waals surface area contributed by atoms with Gasteiger partial charge in [-0.1, -0.05) is 33.3 Å². The van der Waals surface area contributed by atoms with Crippen LogP contribution in [0.5, 0.6) is 5.75 Å². The zero-order valence-electron chi connectivity index (χ0n) is 19.9. The van der Waals surface area contributed by atoms with Gasteiger partial charge in [-0.3, -0.25) is 4.72 Å². The highest BCUT2D eigenvalue weighted by molar-refractivity contribution is 7.94. The molecule has 0 aromatic heterocycles. The largest absolute Gasteiger partial charge is 0.494 e. The molecule has 0 unspecified atom stereocenters. The van der Waals surface area contributed by atoms with Crippen molar-refractivity contribution in [1.82, 2.24) is 0 Å². The Morgan fingerprint density at radius 3 is 2.15 bits per heavy atom. The molecular weight excluding hydrogens is 457 g/mol. The van der Waals surface area contributed by atoms with Crippen molar-refractivity contribution < 1.29 is 31.4 Å². The van der Waals surface area contributed by atoms with Crippen molar-refractivity contribution in [3.63, 3.8) is 0 Å². The van der Waals surface area contributed by atoms with Crippen LogP contribution in [0, 0.1) is 24.4 Å². The fourth-order valence-corrected chi connectivity index (χ4v) is 5.13. The van der Waals surface area contributed by atoms with E-state index < -0.39 is 37.9 Å². The summed E-state index contributed by atoms with van der Waals surface area (Å²) in [5, 5.41) is 9.48. The molecule has 3 N–H and O–H groups in total. The van der Waals surface area contributed by atoms with E-state index >= 15 is 0 Å². The van der Waals surface area contributed by atoms with Gasteiger partial charge in [0.05, 0.1) is 17.5 Å². The normalized spacial score (nSPS) is 13.6. The zero-order valence-corrected chi connectivity index (χ0v) is 20.7. The number of aryl methyl sites for hydroxylation is 1. The summed E-state index contributed by atoms with van der Waals surface area (Å²) >= 11 is 0. The molecule has 6 nitrogen and oxygen atoms in total. The number of benzene rings is 2. The molecule has 1 saturated carbocycles. The Hall–Kier alpha value is -2.46. The molecule has 0 atom stereocenters. The first kappa shape index (κ1) is 28.6. The first-order valence-corrected chi connectivity index (χ1v) is 12.2. The Kier molecular flexibility index (Phi) is 10.5. The molecule has 0 saturated heterocycles. The van der Waals surface area contributed by atoms with E-state index in [0.29, 0.717) is 31.2 Å². The van der Waals surface area contributed by atoms with Crippen LogP contribution in [0.1, 0.15) is 52.0 Å². The average Bonchev–Trinajstić information content (AvgIpc) is 3.59. The van der Waals surface area contributed by atoms with Gasteiger partial charge >= 0.3 is 0 Å². The van der Waals surface area contributed by atoms with E-state index in [-0.39, 0.29) is 17.1 Å². The van der Waals surface area contributed by atoms with E-state index in [1.807, 2.05) is 20.8 Å². The van der Waals surface area contributed by atoms with Crippen molar-refractivity contribution in [3.8, 4) is 5.75 Å². The Labute approximate surface area is 194 Å². The van der Waals surface area contributed by atoms with Crippen LogP contribution in [-0.2, 0) is 10.0 Å². The predicted octanol–water partition coefficient (Wildman–Crippen LogP) is 5.87. The lowest BCUT2D eigenvalue weighted by atomic mass is 10.2. The zero-order chi connectivity index (χ0) is 25.4. The number of rotatable bonds is 8. The third-order valence-electron chi connectivity index (χ3n) is 5.11. The van der Waals surface area contributed by atoms with Crippen molar-refractivity contribution in [1.29, 1.82) is 0 Å². The minimum atomic E-state index is -3.91. The van der Waals surface area contributed by atoms with Crippen LogP contribution in [0.15, 0.2) is 24.3 Å². The number of halogens is 3. The number of nitrogens with one attached hydrogen (secondary N) is 2. The topological polar surface area (TPSA) is 87.7 Å². The molecule has 0 spiro atoms. The SMILES string of the molecule is CC.CCCC1(S(=O)(=O)Nc2c(OC)cc(F)c(F)c2Nc2ccc(C)cc2F)CC1.CO. The van der Waals surface area contributed by atoms with Gasteiger partial charge in [-0.15, -0.1) is 0 Å². The number of hydrogen-bond acceptors (Lipinski definition) is 5. The number of sulfonamides is 1. The number of methoxy groups -OCH3 is 1. The van der Waals surface area contributed by atoms with Crippen molar-refractivity contribution in [2.24, 2.45) is 0 Å². The molecule has 1 aliphatic rings. The summed E-state index contributed by atoms with van der Waals surface area (Å²) in [6.45, 7) is 7.56. The van der Waals surface area contributed by atoms with E-state index in [4.69, 9.17) is 9.84 Å². The van der Waals surface area contributed by atoms with Crippen LogP contribution >= 0.6 is 0 Å². The number of aliphatic hydroxyl groups is 1. The molecule has 2 aromatic rings. The monoisotopic (exact) mass is 490 g/mol. The summed E-state index contributed by atoms with van der Waals surface area (Å²) in [5.74, 6) is -3.50. The maximum atomic E-state index is 14.7. The van der Waals surface area contributed by atoms with Crippen LogP contribution < -0.4 is 14.8 Å². The number of hydrogen-bond donors (Lipinski definition) is 3. The van der Waals surface area contributed by atoms with Gasteiger partial charge in [-0.25, -0.2) is 21.6 Å². The molecule has 3 rings (SSSR count). The van der Waals surface area contributed by atoms with Crippen LogP contribution in [0.2, 0.25) is 0 Å². The molecule has 1 aliphatic carbocycles. The molecule has 0 bridgehead atoms. The highest BCUT2D eigenvalue weighted by Gasteiger charge is 2.54. The third kappa shape index (κ3) is 6.32. The molecule has 1 fully saturated rings. The quantitative estimate of drug-likeness (QED) is 0.431. The highest BCUT2D eigenvalue weighted by Crippen LogP contribution is 2.49. The minimum absolute atomic E-state index is 0.128. The molecule has 0 aliphatic heterocycles. The molecule has 33 heavy (non-hydrogen) atoms. The summed E-state index contributed by atoms with van der Waals surface area (Å²) in [6, 6.07) is 4.92. The van der Waals surface area contributed by atoms with Crippen LogP contribution in [0.4, 0.5) is 30.2 Å². The standard InChI is InChI=1S/C20H23F3N2O3S.C2H6.CH4O/c1-4-7-20(8-9-20)29(26,27)25-18-16(28-3)11-14(22)17(23)19(18)24-15-6-5-12(2)10-13(15)21;2*1-2/h5-6,10-11,24-25H,4,7-9H2,1-3H3;1-2H3;2H,1H3. The predicted molar refractivity (Wildman–Crippen MR) is 126 cm³/mol. The second-order valence-electron chi connectivity index (χ2n) is 7.27. The molecule has 0 amide bonds. The number of ether oxygens (including phenoxy) is 1. The highest BCUT2D eigenvalue weighted by atomic mass is 32.2. The second-order valence-corrected chi connectivity index (χ2v) is 9.35. The Bertz CT molecular complexity index is 1040. The van der Waals surface area contributed by atoms with Crippen molar-refractivity contribution in [2.75, 3.05) is 24.3 Å². The molecule has 10 heteroatoms. The Morgan fingerprint density at radius 1 is 1.06 bits per heavy atom. The lowest BCUT2D eigenvalue weighted by molar-refractivity contribution is 0.399. The van der Waals surface area contributed by atoms with Gasteiger partial charge in [0.15, 0.2) is 11.6 Å². The number of anilines is 3. The summed E-state index contributed by atoms with van der Waals surface area (Å²) in [5.41, 5.74) is -0.326. The third-order valence-corrected chi connectivity index (χ3v) is 7.33. The van der Waals surface area contributed by atoms with Gasteiger partial charge in [0.2, 0.25) is 10.0 Å². The van der Waals surface area contributed by atoms with Crippen molar-refractivity contribution in [2.45, 2.75) is 58.1 Å². The van der Waals surface area contributed by atoms with Gasteiger partial charge in [0.1, 0.15) is 22.9 Å². The maximum absolute atomic E-state index is 14.7. The first-order valence-electron chi connectivity index (χ1n) is 10.7. The van der Waals surface area contributed by atoms with Crippen LogP contribution in [0.25, 0.3) is 0 Å². The summed E-state index contributed by atoms with van der Waals surface area (Å²) in [7, 11) is -1.70. The number of aliphatic hydroxyl groups excluding tert-OH is 1. The summed E-state index contributed by atoms with van der Waals surface area (Å²) in [4.78, 5) is 0.